The molecule has 0 aromatic rings. The van der Waals surface area contributed by atoms with E-state index in [2.05, 4.69) is 5.32 Å². The van der Waals surface area contributed by atoms with E-state index >= 15 is 0 Å². The van der Waals surface area contributed by atoms with Gasteiger partial charge in [0, 0.05) is 18.2 Å². The average Bonchev–Trinajstić information content (AvgIpc) is 2.12. The minimum absolute atomic E-state index is 0.0566. The molecule has 0 atom stereocenters. The van der Waals surface area contributed by atoms with Gasteiger partial charge in [-0.25, -0.2) is 4.79 Å². The van der Waals surface area contributed by atoms with E-state index in [4.69, 9.17) is 5.11 Å². The number of carbonyl (C=O) groups excluding carboxylic acids is 1. The molecule has 0 aliphatic carbocycles. The fourth-order valence-corrected chi connectivity index (χ4v) is 1.06. The number of likely N-dealkylation sites (N-methyl/N-ethyl adjacent to an activating group) is 1. The molecule has 2 N–H and O–H groups in total. The van der Waals surface area contributed by atoms with E-state index in [1.54, 1.807) is 18.0 Å². The first-order valence-corrected chi connectivity index (χ1v) is 5.21. The van der Waals surface area contributed by atoms with Gasteiger partial charge >= 0.3 is 5.97 Å². The van der Waals surface area contributed by atoms with Gasteiger partial charge in [0.1, 0.15) is 0 Å². The molecule has 0 fully saturated rings. The minimum Gasteiger partial charge on any atom is -0.478 e. The van der Waals surface area contributed by atoms with E-state index in [1.807, 2.05) is 13.8 Å². The summed E-state index contributed by atoms with van der Waals surface area (Å²) in [6.07, 6.45) is 1.59. The van der Waals surface area contributed by atoms with Crippen LogP contribution in [0.15, 0.2) is 11.6 Å². The van der Waals surface area contributed by atoms with Crippen molar-refractivity contribution in [2.24, 2.45) is 0 Å². The normalized spacial score (nSPS) is 12.0. The monoisotopic (exact) mass is 228 g/mol. The zero-order valence-corrected chi connectivity index (χ0v) is 10.3. The maximum absolute atomic E-state index is 11.4. The number of aliphatic carboxylic acids is 1. The molecule has 0 aliphatic heterocycles. The summed E-state index contributed by atoms with van der Waals surface area (Å²) < 4.78 is 0. The van der Waals surface area contributed by atoms with Crippen LogP contribution >= 0.6 is 0 Å². The third kappa shape index (κ3) is 7.00. The molecule has 0 spiro atoms. The molecule has 0 saturated heterocycles. The van der Waals surface area contributed by atoms with Crippen molar-refractivity contribution < 1.29 is 14.7 Å². The number of rotatable bonds is 6. The van der Waals surface area contributed by atoms with Crippen LogP contribution in [-0.4, -0.2) is 48.1 Å². The molecule has 1 amide bonds. The van der Waals surface area contributed by atoms with Crippen molar-refractivity contribution in [2.45, 2.75) is 26.8 Å². The number of carbonyl (C=O) groups is 2. The Kier molecular flexibility index (Phi) is 6.41. The Morgan fingerprint density at radius 2 is 2.00 bits per heavy atom. The number of nitrogens with zero attached hydrogens (tertiary/aromatic N) is 1. The van der Waals surface area contributed by atoms with Gasteiger partial charge in [-0.1, -0.05) is 6.08 Å². The second-order valence-corrected chi connectivity index (χ2v) is 4.11. The zero-order valence-electron chi connectivity index (χ0n) is 10.3. The lowest BCUT2D eigenvalue weighted by atomic mass is 10.3. The van der Waals surface area contributed by atoms with Crippen LogP contribution in [-0.2, 0) is 9.59 Å². The lowest BCUT2D eigenvalue weighted by Crippen LogP contribution is -2.38. The molecule has 0 heterocycles. The highest BCUT2D eigenvalue weighted by Gasteiger charge is 2.07. The van der Waals surface area contributed by atoms with Gasteiger partial charge in [-0.15, -0.1) is 0 Å². The van der Waals surface area contributed by atoms with E-state index in [0.717, 1.165) is 0 Å². The molecule has 0 aromatic carbocycles. The Hall–Kier alpha value is -1.36. The summed E-state index contributed by atoms with van der Waals surface area (Å²) in [5.41, 5.74) is 0.288. The molecule has 92 valence electrons. The molecule has 0 aliphatic rings. The zero-order chi connectivity index (χ0) is 12.7. The van der Waals surface area contributed by atoms with E-state index in [-0.39, 0.29) is 24.1 Å². The SMILES string of the molecule is CC(=CCN(C)CC(=O)NC(C)C)C(=O)O. The Morgan fingerprint density at radius 1 is 1.44 bits per heavy atom. The molecule has 0 unspecified atom stereocenters. The van der Waals surface area contributed by atoms with Crippen molar-refractivity contribution in [1.29, 1.82) is 0 Å². The average molecular weight is 228 g/mol. The molecule has 0 aromatic heterocycles. The van der Waals surface area contributed by atoms with Crippen LogP contribution in [0.2, 0.25) is 0 Å². The Balaban J connectivity index is 4.00. The van der Waals surface area contributed by atoms with Crippen LogP contribution in [0.1, 0.15) is 20.8 Å². The highest BCUT2D eigenvalue weighted by molar-refractivity contribution is 5.85. The molecular weight excluding hydrogens is 208 g/mol. The number of amides is 1. The van der Waals surface area contributed by atoms with Crippen molar-refractivity contribution in [2.75, 3.05) is 20.1 Å². The summed E-state index contributed by atoms with van der Waals surface area (Å²) in [4.78, 5) is 23.6. The minimum atomic E-state index is -0.931. The van der Waals surface area contributed by atoms with E-state index in [9.17, 15) is 9.59 Å². The van der Waals surface area contributed by atoms with E-state index < -0.39 is 5.97 Å². The van der Waals surface area contributed by atoms with Gasteiger partial charge < -0.3 is 10.4 Å². The van der Waals surface area contributed by atoms with Crippen molar-refractivity contribution in [3.63, 3.8) is 0 Å². The highest BCUT2D eigenvalue weighted by atomic mass is 16.4. The van der Waals surface area contributed by atoms with E-state index in [1.165, 1.54) is 6.92 Å². The molecule has 0 radical (unpaired) electrons. The third-order valence-corrected chi connectivity index (χ3v) is 1.91. The van der Waals surface area contributed by atoms with Crippen LogP contribution in [0.5, 0.6) is 0 Å². The fourth-order valence-electron chi connectivity index (χ4n) is 1.06. The Morgan fingerprint density at radius 3 is 2.44 bits per heavy atom. The van der Waals surface area contributed by atoms with Crippen molar-refractivity contribution in [1.82, 2.24) is 10.2 Å². The second-order valence-electron chi connectivity index (χ2n) is 4.11. The summed E-state index contributed by atoms with van der Waals surface area (Å²) in [6, 6.07) is 0.122. The maximum Gasteiger partial charge on any atom is 0.330 e. The summed E-state index contributed by atoms with van der Waals surface area (Å²) >= 11 is 0. The first-order chi connectivity index (χ1) is 7.32. The first-order valence-electron chi connectivity index (χ1n) is 5.21. The lowest BCUT2D eigenvalue weighted by molar-refractivity contribution is -0.132. The van der Waals surface area contributed by atoms with Crippen LogP contribution in [0, 0.1) is 0 Å². The van der Waals surface area contributed by atoms with Crippen LogP contribution in [0.25, 0.3) is 0 Å². The molecule has 0 saturated carbocycles. The van der Waals surface area contributed by atoms with E-state index in [0.29, 0.717) is 6.54 Å². The number of nitrogens with one attached hydrogen (secondary N) is 1. The fraction of sp³-hybridized carbons (Fsp3) is 0.636. The predicted octanol–water partition coefficient (Wildman–Crippen LogP) is 0.474. The first kappa shape index (κ1) is 14.6. The van der Waals surface area contributed by atoms with Gasteiger partial charge in [0.2, 0.25) is 5.91 Å². The van der Waals surface area contributed by atoms with Gasteiger partial charge in [-0.3, -0.25) is 9.69 Å². The van der Waals surface area contributed by atoms with Crippen molar-refractivity contribution in [3.8, 4) is 0 Å². The number of hydrogen-bond acceptors (Lipinski definition) is 3. The Bertz CT molecular complexity index is 285. The molecule has 16 heavy (non-hydrogen) atoms. The summed E-state index contributed by atoms with van der Waals surface area (Å²) in [7, 11) is 1.77. The van der Waals surface area contributed by atoms with Gasteiger partial charge in [0.25, 0.3) is 0 Å². The van der Waals surface area contributed by atoms with Gasteiger partial charge in [0.05, 0.1) is 6.54 Å². The predicted molar refractivity (Wildman–Crippen MR) is 62.2 cm³/mol. The van der Waals surface area contributed by atoms with Crippen molar-refractivity contribution in [3.05, 3.63) is 11.6 Å². The summed E-state index contributed by atoms with van der Waals surface area (Å²) in [6.45, 7) is 6.04. The lowest BCUT2D eigenvalue weighted by Gasteiger charge is -2.15. The third-order valence-electron chi connectivity index (χ3n) is 1.91. The standard InChI is InChI=1S/C11H20N2O3/c1-8(2)12-10(14)7-13(4)6-5-9(3)11(15)16/h5,8H,6-7H2,1-4H3,(H,12,14)(H,15,16). The molecule has 0 bridgehead atoms. The Labute approximate surface area is 96.1 Å². The summed E-state index contributed by atoms with van der Waals surface area (Å²) in [5.74, 6) is -0.987. The quantitative estimate of drug-likeness (QED) is 0.648. The second kappa shape index (κ2) is 7.00. The largest absolute Gasteiger partial charge is 0.478 e. The highest BCUT2D eigenvalue weighted by Crippen LogP contribution is 1.93. The van der Waals surface area contributed by atoms with Crippen LogP contribution < -0.4 is 5.32 Å². The molecule has 5 nitrogen and oxygen atoms in total. The molecule has 5 heteroatoms. The maximum atomic E-state index is 11.4. The number of carboxylic acid groups (broad SMARTS) is 1. The van der Waals surface area contributed by atoms with Gasteiger partial charge in [-0.2, -0.15) is 0 Å². The number of carboxylic acids is 1. The molecule has 0 rings (SSSR count). The topological polar surface area (TPSA) is 69.6 Å². The van der Waals surface area contributed by atoms with Crippen LogP contribution in [0.3, 0.4) is 0 Å². The van der Waals surface area contributed by atoms with Gasteiger partial charge in [-0.05, 0) is 27.8 Å². The smallest absolute Gasteiger partial charge is 0.330 e. The van der Waals surface area contributed by atoms with Crippen molar-refractivity contribution >= 4 is 11.9 Å². The number of hydrogen-bond donors (Lipinski definition) is 2. The van der Waals surface area contributed by atoms with Gasteiger partial charge in [0.15, 0.2) is 0 Å². The van der Waals surface area contributed by atoms with Crippen LogP contribution in [0.4, 0.5) is 0 Å². The molecular formula is C11H20N2O3. The summed E-state index contributed by atoms with van der Waals surface area (Å²) in [5, 5.41) is 11.4.